The number of halogens is 5. The van der Waals surface area contributed by atoms with Crippen LogP contribution in [0.2, 0.25) is 5.02 Å². The number of hydrogen-bond acceptors (Lipinski definition) is 4. The van der Waals surface area contributed by atoms with Gasteiger partial charge in [0.15, 0.2) is 5.75 Å². The van der Waals surface area contributed by atoms with E-state index in [-0.39, 0.29) is 19.0 Å². The van der Waals surface area contributed by atoms with Crippen molar-refractivity contribution in [3.63, 3.8) is 0 Å². The van der Waals surface area contributed by atoms with Crippen molar-refractivity contribution in [1.29, 1.82) is 0 Å². The van der Waals surface area contributed by atoms with Crippen molar-refractivity contribution in [2.24, 2.45) is 0 Å². The highest BCUT2D eigenvalue weighted by atomic mass is 127. The van der Waals surface area contributed by atoms with Gasteiger partial charge in [0.25, 0.3) is 0 Å². The van der Waals surface area contributed by atoms with Crippen LogP contribution in [0, 0.1) is 3.70 Å². The van der Waals surface area contributed by atoms with Gasteiger partial charge in [-0.2, -0.15) is 18.3 Å². The Morgan fingerprint density at radius 3 is 2.60 bits per heavy atom. The normalized spacial score (nSPS) is 11.9. The first kappa shape index (κ1) is 18.2. The van der Waals surface area contributed by atoms with E-state index in [0.29, 0.717) is 20.0 Å². The molecule has 0 aliphatic carbocycles. The third-order valence-electron chi connectivity index (χ3n) is 3.32. The van der Waals surface area contributed by atoms with Crippen LogP contribution < -0.4 is 4.74 Å². The molecule has 0 radical (unpaired) electrons. The molecule has 0 amide bonds. The van der Waals surface area contributed by atoms with Crippen LogP contribution in [0.5, 0.6) is 11.8 Å². The highest BCUT2D eigenvalue weighted by Crippen LogP contribution is 2.32. The first-order valence-electron chi connectivity index (χ1n) is 7.21. The van der Waals surface area contributed by atoms with Crippen molar-refractivity contribution < 1.29 is 17.9 Å². The average molecular weight is 483 g/mol. The summed E-state index contributed by atoms with van der Waals surface area (Å²) in [5, 5.41) is 5.48. The van der Waals surface area contributed by atoms with Crippen molar-refractivity contribution in [2.45, 2.75) is 25.6 Å². The molecule has 0 aliphatic heterocycles. The number of para-hydroxylation sites is 1. The molecule has 0 saturated carbocycles. The summed E-state index contributed by atoms with van der Waals surface area (Å²) in [6.45, 7) is 0.126. The van der Waals surface area contributed by atoms with E-state index in [2.05, 4.69) is 15.1 Å². The summed E-state index contributed by atoms with van der Waals surface area (Å²) in [6, 6.07) is 5.39. The summed E-state index contributed by atoms with van der Waals surface area (Å²) >= 11 is 7.79. The Morgan fingerprint density at radius 1 is 1.20 bits per heavy atom. The number of ether oxygens (including phenoxy) is 1. The molecule has 2 heterocycles. The number of benzene rings is 1. The molecule has 3 rings (SSSR count). The number of nitrogens with zero attached hydrogens (tertiary/aromatic N) is 4. The van der Waals surface area contributed by atoms with Gasteiger partial charge >= 0.3 is 12.2 Å². The van der Waals surface area contributed by atoms with Gasteiger partial charge < -0.3 is 4.74 Å². The Balaban J connectivity index is 1.91. The van der Waals surface area contributed by atoms with Gasteiger partial charge in [-0.15, -0.1) is 0 Å². The Kier molecular flexibility index (Phi) is 5.32. The van der Waals surface area contributed by atoms with Crippen molar-refractivity contribution in [1.82, 2.24) is 19.7 Å². The molecular weight excluding hydrogens is 472 g/mol. The van der Waals surface area contributed by atoms with E-state index in [4.69, 9.17) is 16.3 Å². The Hall–Kier alpha value is -1.62. The van der Waals surface area contributed by atoms with Crippen molar-refractivity contribution in [3.8, 4) is 11.8 Å². The minimum Gasteiger partial charge on any atom is -0.422 e. The maximum absolute atomic E-state index is 12.4. The van der Waals surface area contributed by atoms with Gasteiger partial charge in [0, 0.05) is 18.4 Å². The molecular formula is C15H11ClF3IN4O. The second-order valence-corrected chi connectivity index (χ2v) is 6.63. The summed E-state index contributed by atoms with van der Waals surface area (Å²) in [4.78, 5) is 7.93. The lowest BCUT2D eigenvalue weighted by atomic mass is 10.2. The van der Waals surface area contributed by atoms with E-state index >= 15 is 0 Å². The zero-order chi connectivity index (χ0) is 18.0. The van der Waals surface area contributed by atoms with Crippen LogP contribution in [0.4, 0.5) is 13.2 Å². The molecule has 25 heavy (non-hydrogen) atoms. The van der Waals surface area contributed by atoms with Gasteiger partial charge in [-0.05, 0) is 41.1 Å². The fraction of sp³-hybridized carbons (Fsp3) is 0.267. The minimum atomic E-state index is -4.19. The lowest BCUT2D eigenvalue weighted by Crippen LogP contribution is -2.10. The molecule has 0 N–H and O–H groups in total. The second kappa shape index (κ2) is 7.32. The van der Waals surface area contributed by atoms with Crippen molar-refractivity contribution in [2.75, 3.05) is 0 Å². The number of aromatic nitrogens is 4. The monoisotopic (exact) mass is 482 g/mol. The molecule has 2 aromatic heterocycles. The van der Waals surface area contributed by atoms with Crippen molar-refractivity contribution in [3.05, 3.63) is 39.3 Å². The molecule has 5 nitrogen and oxygen atoms in total. The summed E-state index contributed by atoms with van der Waals surface area (Å²) < 4.78 is 45.1. The van der Waals surface area contributed by atoms with Gasteiger partial charge in [-0.3, -0.25) is 4.68 Å². The first-order valence-corrected chi connectivity index (χ1v) is 8.66. The summed E-state index contributed by atoms with van der Waals surface area (Å²) in [5.74, 6) is 0.419. The number of alkyl halides is 3. The molecule has 0 fully saturated rings. The molecule has 0 atom stereocenters. The Morgan fingerprint density at radius 2 is 1.92 bits per heavy atom. The van der Waals surface area contributed by atoms with Crippen LogP contribution in [0.25, 0.3) is 10.9 Å². The van der Waals surface area contributed by atoms with Crippen LogP contribution in [0.1, 0.15) is 12.8 Å². The average Bonchev–Trinajstić information content (AvgIpc) is 2.86. The molecule has 0 unspecified atom stereocenters. The lowest BCUT2D eigenvalue weighted by molar-refractivity contribution is -0.135. The van der Waals surface area contributed by atoms with Crippen LogP contribution >= 0.6 is 34.2 Å². The standard InChI is InChI=1S/C15H11ClF3IN4O/c16-9-7-21-14(22-8-9)25-11-4-1-3-10-12(11)24(23-13(10)20)6-2-5-15(17,18)19/h1,3-4,7-8H,2,5-6H2. The summed E-state index contributed by atoms with van der Waals surface area (Å²) in [7, 11) is 0. The maximum atomic E-state index is 12.4. The molecule has 0 saturated heterocycles. The smallest absolute Gasteiger partial charge is 0.389 e. The topological polar surface area (TPSA) is 52.8 Å². The van der Waals surface area contributed by atoms with Crippen LogP contribution in [0.15, 0.2) is 30.6 Å². The predicted molar refractivity (Wildman–Crippen MR) is 94.9 cm³/mol. The van der Waals surface area contributed by atoms with Gasteiger partial charge in [0.05, 0.1) is 17.4 Å². The minimum absolute atomic E-state index is 0.0673. The van der Waals surface area contributed by atoms with Crippen molar-refractivity contribution >= 4 is 45.1 Å². The Labute approximate surface area is 159 Å². The highest BCUT2D eigenvalue weighted by molar-refractivity contribution is 14.1. The van der Waals surface area contributed by atoms with Gasteiger partial charge in [-0.25, -0.2) is 9.97 Å². The maximum Gasteiger partial charge on any atom is 0.389 e. The zero-order valence-corrected chi connectivity index (χ0v) is 15.5. The van der Waals surface area contributed by atoms with Gasteiger partial charge in [-0.1, -0.05) is 17.7 Å². The number of aryl methyl sites for hydroxylation is 1. The van der Waals surface area contributed by atoms with Crippen LogP contribution in [0.3, 0.4) is 0 Å². The zero-order valence-electron chi connectivity index (χ0n) is 12.6. The van der Waals surface area contributed by atoms with E-state index in [1.54, 1.807) is 12.1 Å². The van der Waals surface area contributed by atoms with Crippen LogP contribution in [-0.4, -0.2) is 25.9 Å². The number of fused-ring (bicyclic) bond motifs is 1. The fourth-order valence-electron chi connectivity index (χ4n) is 2.29. The van der Waals surface area contributed by atoms with E-state index in [0.717, 1.165) is 5.39 Å². The highest BCUT2D eigenvalue weighted by Gasteiger charge is 2.26. The Bertz CT molecular complexity index is 883. The van der Waals surface area contributed by atoms with Crippen LogP contribution in [-0.2, 0) is 6.54 Å². The number of hydrogen-bond donors (Lipinski definition) is 0. The molecule has 1 aromatic carbocycles. The van der Waals surface area contributed by atoms with Gasteiger partial charge in [0.2, 0.25) is 0 Å². The van der Waals surface area contributed by atoms with Gasteiger partial charge in [0.1, 0.15) is 9.22 Å². The van der Waals surface area contributed by atoms with E-state index < -0.39 is 12.6 Å². The molecule has 0 bridgehead atoms. The largest absolute Gasteiger partial charge is 0.422 e. The molecule has 0 aliphatic rings. The molecule has 3 aromatic rings. The number of rotatable bonds is 5. The summed E-state index contributed by atoms with van der Waals surface area (Å²) in [5.41, 5.74) is 0.604. The third-order valence-corrected chi connectivity index (χ3v) is 4.31. The SMILES string of the molecule is FC(F)(F)CCCn1nc(I)c2cccc(Oc3ncc(Cl)cn3)c21. The predicted octanol–water partition coefficient (Wildman–Crippen LogP) is 5.22. The second-order valence-electron chi connectivity index (χ2n) is 5.17. The van der Waals surface area contributed by atoms with E-state index in [9.17, 15) is 13.2 Å². The summed E-state index contributed by atoms with van der Waals surface area (Å²) in [6.07, 6.45) is -2.33. The molecule has 10 heteroatoms. The van der Waals surface area contributed by atoms with E-state index in [1.165, 1.54) is 17.1 Å². The van der Waals surface area contributed by atoms with E-state index in [1.807, 2.05) is 28.7 Å². The first-order chi connectivity index (χ1) is 11.8. The molecule has 132 valence electrons. The molecule has 0 spiro atoms. The third kappa shape index (κ3) is 4.51. The fourth-order valence-corrected chi connectivity index (χ4v) is 3.08. The lowest BCUT2D eigenvalue weighted by Gasteiger charge is -2.09. The quantitative estimate of drug-likeness (QED) is 0.468.